The van der Waals surface area contributed by atoms with Crippen molar-refractivity contribution in [2.24, 2.45) is 5.16 Å². The van der Waals surface area contributed by atoms with Crippen molar-refractivity contribution in [2.75, 3.05) is 23.8 Å². The molecule has 1 unspecified atom stereocenters. The van der Waals surface area contributed by atoms with E-state index in [1.54, 1.807) is 5.41 Å². The molecule has 2 amide bonds. The fourth-order valence-corrected chi connectivity index (χ4v) is 5.50. The average Bonchev–Trinajstić information content (AvgIpc) is 3.22. The summed E-state index contributed by atoms with van der Waals surface area (Å²) in [6, 6.07) is 0.886. The maximum absolute atomic E-state index is 12.8. The number of nitrogens with two attached hydrogens (primary N) is 1. The first kappa shape index (κ1) is 24.3. The highest BCUT2D eigenvalue weighted by Gasteiger charge is 2.54. The Morgan fingerprint density at radius 1 is 1.55 bits per heavy atom. The molecular formula is C18H17N7O5S3. The lowest BCUT2D eigenvalue weighted by Crippen LogP contribution is -2.71. The van der Waals surface area contributed by atoms with Crippen LogP contribution >= 0.6 is 35.1 Å². The second-order valence-electron chi connectivity index (χ2n) is 6.34. The van der Waals surface area contributed by atoms with Gasteiger partial charge in [0.1, 0.15) is 23.7 Å². The Hall–Kier alpha value is -3.35. The van der Waals surface area contributed by atoms with Gasteiger partial charge in [0.25, 0.3) is 11.8 Å². The summed E-state index contributed by atoms with van der Waals surface area (Å²) in [5.74, 6) is -1.96. The predicted octanol–water partition coefficient (Wildman–Crippen LogP) is 0.536. The number of rotatable bonds is 10. The van der Waals surface area contributed by atoms with Gasteiger partial charge in [-0.3, -0.25) is 14.5 Å². The number of nitriles is 1. The van der Waals surface area contributed by atoms with Crippen LogP contribution in [0.5, 0.6) is 0 Å². The molecule has 0 spiro atoms. The molecule has 0 aliphatic carbocycles. The van der Waals surface area contributed by atoms with E-state index in [0.717, 1.165) is 16.4 Å². The van der Waals surface area contributed by atoms with Gasteiger partial charge in [0.15, 0.2) is 5.13 Å². The molecule has 4 N–H and O–H groups in total. The quantitative estimate of drug-likeness (QED) is 0.100. The summed E-state index contributed by atoms with van der Waals surface area (Å²) in [4.78, 5) is 47.6. The number of nitrogens with one attached hydrogen (secondary N) is 1. The molecule has 33 heavy (non-hydrogen) atoms. The number of fused-ring (bicyclic) bond motifs is 1. The van der Waals surface area contributed by atoms with Gasteiger partial charge in [-0.2, -0.15) is 14.6 Å². The average molecular weight is 508 g/mol. The maximum Gasteiger partial charge on any atom is 0.352 e. The van der Waals surface area contributed by atoms with Crippen LogP contribution in [0.4, 0.5) is 5.13 Å². The Morgan fingerprint density at radius 2 is 2.33 bits per heavy atom. The van der Waals surface area contributed by atoms with E-state index in [4.69, 9.17) is 15.8 Å². The first-order valence-corrected chi connectivity index (χ1v) is 12.0. The molecule has 3 heterocycles. The molecule has 1 saturated heterocycles. The van der Waals surface area contributed by atoms with Gasteiger partial charge in [0.05, 0.1) is 6.07 Å². The number of thioether (sulfide) groups is 2. The molecule has 1 fully saturated rings. The van der Waals surface area contributed by atoms with Crippen LogP contribution in [0.1, 0.15) is 5.82 Å². The third-order valence-electron chi connectivity index (χ3n) is 4.25. The normalized spacial score (nSPS) is 20.2. The van der Waals surface area contributed by atoms with Gasteiger partial charge in [0, 0.05) is 29.1 Å². The fraction of sp³-hybridized carbons (Fsp3) is 0.278. The van der Waals surface area contributed by atoms with Gasteiger partial charge in [-0.1, -0.05) is 17.8 Å². The van der Waals surface area contributed by atoms with Gasteiger partial charge < -0.3 is 21.0 Å². The number of carbonyl (C=O) groups excluding carboxylic acids is 2. The predicted molar refractivity (Wildman–Crippen MR) is 124 cm³/mol. The van der Waals surface area contributed by atoms with Crippen LogP contribution in [0.2, 0.25) is 0 Å². The van der Waals surface area contributed by atoms with Gasteiger partial charge in [-0.15, -0.1) is 23.5 Å². The van der Waals surface area contributed by atoms with E-state index in [9.17, 15) is 19.5 Å². The van der Waals surface area contributed by atoms with E-state index >= 15 is 0 Å². The number of amides is 2. The summed E-state index contributed by atoms with van der Waals surface area (Å²) in [5, 5.41) is 25.6. The van der Waals surface area contributed by atoms with Crippen LogP contribution in [-0.4, -0.2) is 72.4 Å². The third kappa shape index (κ3) is 5.35. The van der Waals surface area contributed by atoms with Crippen molar-refractivity contribution in [3.8, 4) is 6.07 Å². The number of aromatic nitrogens is 2. The molecule has 12 nitrogen and oxygen atoms in total. The molecule has 2 aliphatic heterocycles. The van der Waals surface area contributed by atoms with E-state index < -0.39 is 29.2 Å². The number of carboxylic acids is 1. The molecule has 2 atom stereocenters. The van der Waals surface area contributed by atoms with Crippen molar-refractivity contribution in [1.29, 1.82) is 5.26 Å². The minimum Gasteiger partial charge on any atom is -0.477 e. The van der Waals surface area contributed by atoms with Crippen molar-refractivity contribution in [2.45, 2.75) is 11.4 Å². The van der Waals surface area contributed by atoms with E-state index in [2.05, 4.69) is 26.4 Å². The topological polar surface area (TPSA) is 184 Å². The summed E-state index contributed by atoms with van der Waals surface area (Å²) >= 11 is 3.44. The van der Waals surface area contributed by atoms with Crippen LogP contribution in [0.3, 0.4) is 0 Å². The third-order valence-corrected chi connectivity index (χ3v) is 6.98. The van der Waals surface area contributed by atoms with Crippen LogP contribution < -0.4 is 11.1 Å². The number of nitrogen functional groups attached to an aromatic ring is 1. The summed E-state index contributed by atoms with van der Waals surface area (Å²) in [5.41, 5.74) is 5.76. The smallest absolute Gasteiger partial charge is 0.352 e. The van der Waals surface area contributed by atoms with E-state index in [1.807, 2.05) is 6.07 Å². The van der Waals surface area contributed by atoms with Crippen molar-refractivity contribution >= 4 is 63.7 Å². The molecule has 172 valence electrons. The van der Waals surface area contributed by atoms with Gasteiger partial charge in [0.2, 0.25) is 11.5 Å². The van der Waals surface area contributed by atoms with Gasteiger partial charge in [-0.05, 0) is 11.0 Å². The molecule has 2 aliphatic rings. The summed E-state index contributed by atoms with van der Waals surface area (Å²) in [6.07, 6.45) is 2.72. The molecule has 15 heteroatoms. The monoisotopic (exact) mass is 507 g/mol. The first-order valence-electron chi connectivity index (χ1n) is 9.16. The Balaban J connectivity index is 1.76. The Morgan fingerprint density at radius 3 is 2.97 bits per heavy atom. The number of carboxylic acid groups (broad SMARTS) is 1. The Bertz CT molecular complexity index is 1110. The SMILES string of the molecule is C=CCO/N=C(\C(=O)NC1C(=O)N2C(C(=O)O)=C(CS/C=C/C#N)CS[C@H]12)c1nsc(N)n1. The minimum atomic E-state index is -1.24. The summed E-state index contributed by atoms with van der Waals surface area (Å²) in [7, 11) is 0. The van der Waals surface area contributed by atoms with Gasteiger partial charge >= 0.3 is 5.97 Å². The van der Waals surface area contributed by atoms with Crippen molar-refractivity contribution in [3.05, 3.63) is 41.2 Å². The lowest BCUT2D eigenvalue weighted by atomic mass is 10.0. The molecule has 3 rings (SSSR count). The zero-order valence-corrected chi connectivity index (χ0v) is 19.3. The molecule has 1 aromatic rings. The number of nitrogens with zero attached hydrogens (tertiary/aromatic N) is 5. The molecule has 1 aromatic heterocycles. The zero-order valence-electron chi connectivity index (χ0n) is 16.8. The van der Waals surface area contributed by atoms with Crippen LogP contribution in [0.25, 0.3) is 0 Å². The standard InChI is InChI=1S/C18H17N7O5S3/c1-2-5-30-23-10(13-22-18(20)33-24-13)14(26)21-11-15(27)25-12(17(28)29)9(8-32-16(11)25)7-31-6-3-4-19/h2-3,6,11,16H,1,5,7-8H2,(H,21,26)(H,28,29)(H2,20,22,24)/b6-3+,23-10-/t11?,16-/m1/s1. The number of oxime groups is 1. The minimum absolute atomic E-state index is 0.0299. The number of carbonyl (C=O) groups is 3. The maximum atomic E-state index is 12.8. The van der Waals surface area contributed by atoms with Crippen LogP contribution in [0.15, 0.2) is 40.6 Å². The number of aliphatic carboxylic acids is 1. The fourth-order valence-electron chi connectivity index (χ4n) is 2.90. The van der Waals surface area contributed by atoms with Crippen molar-refractivity contribution in [1.82, 2.24) is 19.6 Å². The number of hydrogen-bond acceptors (Lipinski definition) is 12. The molecule has 0 radical (unpaired) electrons. The molecular weight excluding hydrogens is 490 g/mol. The molecule has 0 aromatic carbocycles. The van der Waals surface area contributed by atoms with Crippen molar-refractivity contribution < 1.29 is 24.3 Å². The number of anilines is 1. The number of β-lactam (4-membered cyclic amide) rings is 1. The zero-order chi connectivity index (χ0) is 24.0. The van der Waals surface area contributed by atoms with Crippen LogP contribution in [0, 0.1) is 11.3 Å². The van der Waals surface area contributed by atoms with E-state index in [-0.39, 0.29) is 29.0 Å². The second-order valence-corrected chi connectivity index (χ2v) is 9.12. The second kappa shape index (κ2) is 11.0. The lowest BCUT2D eigenvalue weighted by molar-refractivity contribution is -0.150. The number of allylic oxidation sites excluding steroid dienone is 1. The largest absolute Gasteiger partial charge is 0.477 e. The highest BCUT2D eigenvalue weighted by atomic mass is 32.2. The summed E-state index contributed by atoms with van der Waals surface area (Å²) < 4.78 is 3.95. The Labute approximate surface area is 200 Å². The van der Waals surface area contributed by atoms with Gasteiger partial charge in [-0.25, -0.2) is 4.79 Å². The summed E-state index contributed by atoms with van der Waals surface area (Å²) in [6.45, 7) is 3.52. The van der Waals surface area contributed by atoms with Crippen molar-refractivity contribution in [3.63, 3.8) is 0 Å². The highest BCUT2D eigenvalue weighted by molar-refractivity contribution is 8.02. The lowest BCUT2D eigenvalue weighted by Gasteiger charge is -2.49. The molecule has 0 saturated carbocycles. The van der Waals surface area contributed by atoms with Crippen LogP contribution in [-0.2, 0) is 19.2 Å². The first-order chi connectivity index (χ1) is 15.9. The number of hydrogen-bond donors (Lipinski definition) is 3. The Kier molecular flexibility index (Phi) is 8.09. The molecule has 0 bridgehead atoms. The highest BCUT2D eigenvalue weighted by Crippen LogP contribution is 2.41. The van der Waals surface area contributed by atoms with E-state index in [0.29, 0.717) is 17.1 Å². The van der Waals surface area contributed by atoms with E-state index in [1.165, 1.54) is 35.7 Å².